The van der Waals surface area contributed by atoms with E-state index in [9.17, 15) is 8.42 Å². The number of rotatable bonds is 5. The molecule has 2 rings (SSSR count). The third-order valence-corrected chi connectivity index (χ3v) is 4.96. The molecular formula is C12H12N4O2S2. The van der Waals surface area contributed by atoms with Gasteiger partial charge in [0.1, 0.15) is 21.7 Å². The smallest absolute Gasteiger partial charge is 0.242 e. The van der Waals surface area contributed by atoms with Crippen molar-refractivity contribution in [3.05, 3.63) is 40.6 Å². The minimum atomic E-state index is -3.68. The van der Waals surface area contributed by atoms with Gasteiger partial charge >= 0.3 is 0 Å². The monoisotopic (exact) mass is 308 g/mol. The van der Waals surface area contributed by atoms with E-state index in [1.165, 1.54) is 29.7 Å². The van der Waals surface area contributed by atoms with Crippen molar-refractivity contribution in [2.24, 2.45) is 0 Å². The highest BCUT2D eigenvalue weighted by molar-refractivity contribution is 7.89. The van der Waals surface area contributed by atoms with E-state index in [-0.39, 0.29) is 16.6 Å². The largest absolute Gasteiger partial charge is 0.248 e. The molecule has 104 valence electrons. The molecule has 2 aromatic rings. The van der Waals surface area contributed by atoms with Gasteiger partial charge < -0.3 is 0 Å². The van der Waals surface area contributed by atoms with E-state index in [1.54, 1.807) is 11.6 Å². The SMILES string of the molecule is CCC(NS(=O)(=O)c1ccc(C#N)nc1)c1nccs1. The van der Waals surface area contributed by atoms with E-state index < -0.39 is 10.0 Å². The van der Waals surface area contributed by atoms with Crippen LogP contribution in [-0.4, -0.2) is 18.4 Å². The molecular weight excluding hydrogens is 296 g/mol. The van der Waals surface area contributed by atoms with Gasteiger partial charge in [0.15, 0.2) is 0 Å². The van der Waals surface area contributed by atoms with Crippen LogP contribution in [0.4, 0.5) is 0 Å². The second kappa shape index (κ2) is 6.09. The van der Waals surface area contributed by atoms with Gasteiger partial charge in [-0.15, -0.1) is 11.3 Å². The topological polar surface area (TPSA) is 95.7 Å². The minimum absolute atomic E-state index is 0.0338. The first-order valence-electron chi connectivity index (χ1n) is 5.84. The van der Waals surface area contributed by atoms with Crippen LogP contribution in [0, 0.1) is 11.3 Å². The normalized spacial score (nSPS) is 12.8. The van der Waals surface area contributed by atoms with E-state index in [0.29, 0.717) is 6.42 Å². The summed E-state index contributed by atoms with van der Waals surface area (Å²) in [6.07, 6.45) is 3.41. The summed E-state index contributed by atoms with van der Waals surface area (Å²) in [4.78, 5) is 7.93. The Bertz CT molecular complexity index is 703. The van der Waals surface area contributed by atoms with E-state index >= 15 is 0 Å². The first kappa shape index (κ1) is 14.6. The van der Waals surface area contributed by atoms with Gasteiger partial charge in [-0.25, -0.2) is 23.1 Å². The Hall–Kier alpha value is -1.82. The van der Waals surface area contributed by atoms with Crippen molar-refractivity contribution in [2.75, 3.05) is 0 Å². The lowest BCUT2D eigenvalue weighted by Gasteiger charge is -2.14. The zero-order valence-electron chi connectivity index (χ0n) is 10.6. The highest BCUT2D eigenvalue weighted by Gasteiger charge is 2.22. The number of aromatic nitrogens is 2. The number of hydrogen-bond acceptors (Lipinski definition) is 6. The number of pyridine rings is 1. The molecule has 20 heavy (non-hydrogen) atoms. The number of hydrogen-bond donors (Lipinski definition) is 1. The molecule has 2 aromatic heterocycles. The molecule has 0 aromatic carbocycles. The van der Waals surface area contributed by atoms with Gasteiger partial charge in [-0.1, -0.05) is 6.92 Å². The lowest BCUT2D eigenvalue weighted by Crippen LogP contribution is -2.28. The average Bonchev–Trinajstić information content (AvgIpc) is 2.99. The molecule has 0 saturated heterocycles. The van der Waals surface area contributed by atoms with Gasteiger partial charge in [0.05, 0.1) is 6.04 Å². The Morgan fingerprint density at radius 3 is 2.75 bits per heavy atom. The summed E-state index contributed by atoms with van der Waals surface area (Å²) in [5.41, 5.74) is 0.177. The van der Waals surface area contributed by atoms with Gasteiger partial charge in [-0.2, -0.15) is 5.26 Å². The van der Waals surface area contributed by atoms with Crippen LogP contribution in [0.1, 0.15) is 30.1 Å². The number of sulfonamides is 1. The Balaban J connectivity index is 2.24. The molecule has 6 nitrogen and oxygen atoms in total. The molecule has 0 amide bonds. The van der Waals surface area contributed by atoms with E-state index in [2.05, 4.69) is 14.7 Å². The molecule has 0 aliphatic rings. The maximum absolute atomic E-state index is 12.2. The number of nitrogens with one attached hydrogen (secondary N) is 1. The van der Waals surface area contributed by atoms with Crippen LogP contribution in [0.3, 0.4) is 0 Å². The molecule has 0 aliphatic heterocycles. The van der Waals surface area contributed by atoms with Crippen molar-refractivity contribution in [1.82, 2.24) is 14.7 Å². The minimum Gasteiger partial charge on any atom is -0.248 e. The van der Waals surface area contributed by atoms with Gasteiger partial charge in [0, 0.05) is 17.8 Å². The van der Waals surface area contributed by atoms with E-state index in [4.69, 9.17) is 5.26 Å². The van der Waals surface area contributed by atoms with Crippen LogP contribution in [0.15, 0.2) is 34.8 Å². The first-order chi connectivity index (χ1) is 9.56. The fourth-order valence-electron chi connectivity index (χ4n) is 1.58. The summed E-state index contributed by atoms with van der Waals surface area (Å²) < 4.78 is 27.1. The molecule has 0 fully saturated rings. The Morgan fingerprint density at radius 1 is 1.45 bits per heavy atom. The third-order valence-electron chi connectivity index (χ3n) is 2.62. The molecule has 8 heteroatoms. The van der Waals surface area contributed by atoms with Crippen LogP contribution in [-0.2, 0) is 10.0 Å². The highest BCUT2D eigenvalue weighted by Crippen LogP contribution is 2.21. The third kappa shape index (κ3) is 3.19. The molecule has 1 unspecified atom stereocenters. The summed E-state index contributed by atoms with van der Waals surface area (Å²) in [6, 6.07) is 4.22. The van der Waals surface area contributed by atoms with Crippen LogP contribution < -0.4 is 4.72 Å². The van der Waals surface area contributed by atoms with Gasteiger partial charge in [-0.05, 0) is 18.6 Å². The zero-order chi connectivity index (χ0) is 14.6. The van der Waals surface area contributed by atoms with Crippen molar-refractivity contribution < 1.29 is 8.42 Å². The second-order valence-corrected chi connectivity index (χ2v) is 6.58. The average molecular weight is 308 g/mol. The van der Waals surface area contributed by atoms with Crippen LogP contribution in [0.25, 0.3) is 0 Å². The van der Waals surface area contributed by atoms with Crippen LogP contribution >= 0.6 is 11.3 Å². The summed E-state index contributed by atoms with van der Waals surface area (Å²) in [5.74, 6) is 0. The Morgan fingerprint density at radius 2 is 2.25 bits per heavy atom. The second-order valence-electron chi connectivity index (χ2n) is 3.94. The molecule has 0 aliphatic carbocycles. The fourth-order valence-corrected chi connectivity index (χ4v) is 3.65. The maximum Gasteiger partial charge on any atom is 0.242 e. The van der Waals surface area contributed by atoms with Crippen LogP contribution in [0.5, 0.6) is 0 Å². The lowest BCUT2D eigenvalue weighted by molar-refractivity contribution is 0.548. The maximum atomic E-state index is 12.2. The van der Waals surface area contributed by atoms with Crippen molar-refractivity contribution in [3.63, 3.8) is 0 Å². The quantitative estimate of drug-likeness (QED) is 0.909. The Labute approximate surface area is 121 Å². The summed E-state index contributed by atoms with van der Waals surface area (Å²) in [7, 11) is -3.68. The molecule has 0 spiro atoms. The standard InChI is InChI=1S/C12H12N4O2S2/c1-2-11(12-14-5-6-19-12)16-20(17,18)10-4-3-9(7-13)15-8-10/h3-6,8,11,16H,2H2,1H3. The molecule has 0 saturated carbocycles. The summed E-state index contributed by atoms with van der Waals surface area (Å²) >= 11 is 1.40. The predicted octanol–water partition coefficient (Wildman–Crippen LogP) is 1.84. The van der Waals surface area contributed by atoms with Crippen molar-refractivity contribution in [3.8, 4) is 6.07 Å². The number of nitrogens with zero attached hydrogens (tertiary/aromatic N) is 3. The number of nitriles is 1. The summed E-state index contributed by atoms with van der Waals surface area (Å²) in [6.45, 7) is 1.88. The molecule has 2 heterocycles. The zero-order valence-corrected chi connectivity index (χ0v) is 12.3. The van der Waals surface area contributed by atoms with Crippen molar-refractivity contribution in [1.29, 1.82) is 5.26 Å². The number of thiazole rings is 1. The highest BCUT2D eigenvalue weighted by atomic mass is 32.2. The molecule has 1 N–H and O–H groups in total. The fraction of sp³-hybridized carbons (Fsp3) is 0.250. The summed E-state index contributed by atoms with van der Waals surface area (Å²) in [5, 5.41) is 11.2. The first-order valence-corrected chi connectivity index (χ1v) is 8.21. The van der Waals surface area contributed by atoms with Crippen molar-refractivity contribution in [2.45, 2.75) is 24.3 Å². The molecule has 1 atom stereocenters. The molecule has 0 radical (unpaired) electrons. The Kier molecular flexibility index (Phi) is 4.44. The van der Waals surface area contributed by atoms with Gasteiger partial charge in [-0.3, -0.25) is 0 Å². The van der Waals surface area contributed by atoms with Gasteiger partial charge in [0.25, 0.3) is 0 Å². The lowest BCUT2D eigenvalue weighted by atomic mass is 10.3. The van der Waals surface area contributed by atoms with Crippen LogP contribution in [0.2, 0.25) is 0 Å². The predicted molar refractivity (Wildman–Crippen MR) is 74.4 cm³/mol. The van der Waals surface area contributed by atoms with Gasteiger partial charge in [0.2, 0.25) is 10.0 Å². The van der Waals surface area contributed by atoms with E-state index in [1.807, 2.05) is 13.0 Å². The van der Waals surface area contributed by atoms with Crippen molar-refractivity contribution >= 4 is 21.4 Å². The molecule has 0 bridgehead atoms. The van der Waals surface area contributed by atoms with E-state index in [0.717, 1.165) is 5.01 Å².